The molecule has 0 atom stereocenters. The molecule has 0 aliphatic carbocycles. The van der Waals surface area contributed by atoms with Gasteiger partial charge in [0.05, 0.1) is 6.54 Å². The van der Waals surface area contributed by atoms with Crippen LogP contribution in [0.4, 0.5) is 0 Å². The van der Waals surface area contributed by atoms with Gasteiger partial charge in [0.15, 0.2) is 5.76 Å². The van der Waals surface area contributed by atoms with Crippen LogP contribution < -0.4 is 21.6 Å². The first kappa shape index (κ1) is 19.3. The highest BCUT2D eigenvalue weighted by atomic mass is 31.2. The number of nitrogens with two attached hydrogens (primary N) is 1. The predicted octanol–water partition coefficient (Wildman–Crippen LogP) is 3.92. The Bertz CT molecular complexity index is 979. The van der Waals surface area contributed by atoms with Crippen LogP contribution in [-0.2, 0) is 6.16 Å². The van der Waals surface area contributed by atoms with Crippen LogP contribution in [0, 0.1) is 0 Å². The van der Waals surface area contributed by atoms with Crippen LogP contribution in [0.5, 0.6) is 0 Å². The van der Waals surface area contributed by atoms with Crippen LogP contribution in [0.25, 0.3) is 0 Å². The maximum atomic E-state index is 12.0. The summed E-state index contributed by atoms with van der Waals surface area (Å²) in [7, 11) is -2.04. The highest BCUT2D eigenvalue weighted by Crippen LogP contribution is 2.58. The smallest absolute Gasteiger partial charge is 0.211 e. The lowest BCUT2D eigenvalue weighted by Gasteiger charge is -2.26. The molecule has 0 fully saturated rings. The van der Waals surface area contributed by atoms with Crippen LogP contribution in [0.15, 0.2) is 108 Å². The summed E-state index contributed by atoms with van der Waals surface area (Å²) in [4.78, 5) is 12.0. The SMILES string of the molecule is NCC(=O)c1ccc(C[P+](c2ccccc2)(c2ccccc2)c2ccccc2)o1. The highest BCUT2D eigenvalue weighted by molar-refractivity contribution is 7.95. The molecule has 144 valence electrons. The Labute approximate surface area is 171 Å². The summed E-state index contributed by atoms with van der Waals surface area (Å²) >= 11 is 0. The Morgan fingerprint density at radius 2 is 1.14 bits per heavy atom. The number of carbonyl (C=O) groups excluding carboxylic acids is 1. The van der Waals surface area contributed by atoms with Gasteiger partial charge in [0.25, 0.3) is 0 Å². The lowest BCUT2D eigenvalue weighted by Crippen LogP contribution is -2.32. The Kier molecular flexibility index (Phi) is 5.71. The van der Waals surface area contributed by atoms with Crippen molar-refractivity contribution in [2.75, 3.05) is 6.54 Å². The third-order valence-corrected chi connectivity index (χ3v) is 9.43. The van der Waals surface area contributed by atoms with Crippen molar-refractivity contribution in [3.8, 4) is 0 Å². The van der Waals surface area contributed by atoms with Crippen molar-refractivity contribution in [3.63, 3.8) is 0 Å². The maximum Gasteiger partial charge on any atom is 0.211 e. The molecule has 0 saturated carbocycles. The van der Waals surface area contributed by atoms with Crippen molar-refractivity contribution < 1.29 is 9.21 Å². The minimum atomic E-state index is -2.04. The number of rotatable bonds is 7. The number of hydrogen-bond acceptors (Lipinski definition) is 3. The Morgan fingerprint density at radius 1 is 0.690 bits per heavy atom. The average Bonchev–Trinajstić information content (AvgIpc) is 3.27. The number of ketones is 1. The van der Waals surface area contributed by atoms with E-state index in [0.717, 1.165) is 5.76 Å². The number of furan rings is 1. The third kappa shape index (κ3) is 3.80. The van der Waals surface area contributed by atoms with E-state index in [9.17, 15) is 4.79 Å². The fraction of sp³-hybridized carbons (Fsp3) is 0.0800. The summed E-state index contributed by atoms with van der Waals surface area (Å²) in [6.07, 6.45) is 0.697. The van der Waals surface area contributed by atoms with Gasteiger partial charge in [-0.05, 0) is 48.5 Å². The topological polar surface area (TPSA) is 56.2 Å². The lowest BCUT2D eigenvalue weighted by atomic mass is 10.3. The number of benzene rings is 3. The second-order valence-electron chi connectivity index (χ2n) is 6.87. The van der Waals surface area contributed by atoms with Crippen molar-refractivity contribution in [2.24, 2.45) is 5.73 Å². The molecular formula is C25H23NO2P+. The summed E-state index contributed by atoms with van der Waals surface area (Å²) in [6, 6.07) is 35.5. The van der Waals surface area contributed by atoms with Crippen LogP contribution in [-0.4, -0.2) is 12.3 Å². The molecule has 4 rings (SSSR count). The maximum absolute atomic E-state index is 12.0. The molecule has 1 aromatic heterocycles. The first-order chi connectivity index (χ1) is 14.2. The highest BCUT2D eigenvalue weighted by Gasteiger charge is 2.46. The zero-order valence-electron chi connectivity index (χ0n) is 16.1. The summed E-state index contributed by atoms with van der Waals surface area (Å²) in [5, 5.41) is 3.83. The fourth-order valence-electron chi connectivity index (χ4n) is 3.72. The number of carbonyl (C=O) groups is 1. The summed E-state index contributed by atoms with van der Waals surface area (Å²) in [5.74, 6) is 0.945. The van der Waals surface area contributed by atoms with Gasteiger partial charge in [0.1, 0.15) is 35.1 Å². The Balaban J connectivity index is 1.93. The molecule has 0 spiro atoms. The molecule has 4 heteroatoms. The summed E-state index contributed by atoms with van der Waals surface area (Å²) < 4.78 is 5.95. The quantitative estimate of drug-likeness (QED) is 0.378. The van der Waals surface area contributed by atoms with Gasteiger partial charge in [-0.3, -0.25) is 4.79 Å². The molecule has 2 N–H and O–H groups in total. The Morgan fingerprint density at radius 3 is 1.55 bits per heavy atom. The van der Waals surface area contributed by atoms with Crippen molar-refractivity contribution in [1.29, 1.82) is 0 Å². The Hall–Kier alpha value is -3.00. The molecule has 0 aliphatic heterocycles. The second-order valence-corrected chi connectivity index (χ2v) is 10.4. The van der Waals surface area contributed by atoms with E-state index < -0.39 is 7.26 Å². The first-order valence-electron chi connectivity index (χ1n) is 9.61. The van der Waals surface area contributed by atoms with Gasteiger partial charge in [-0.15, -0.1) is 0 Å². The van der Waals surface area contributed by atoms with Crippen molar-refractivity contribution in [3.05, 3.63) is 115 Å². The van der Waals surface area contributed by atoms with Crippen LogP contribution in [0.2, 0.25) is 0 Å². The second kappa shape index (κ2) is 8.57. The van der Waals surface area contributed by atoms with Crippen LogP contribution in [0.1, 0.15) is 16.3 Å². The first-order valence-corrected chi connectivity index (χ1v) is 11.6. The van der Waals surface area contributed by atoms with Gasteiger partial charge in [-0.1, -0.05) is 54.6 Å². The molecule has 0 bridgehead atoms. The van der Waals surface area contributed by atoms with E-state index in [1.54, 1.807) is 6.07 Å². The van der Waals surface area contributed by atoms with Gasteiger partial charge >= 0.3 is 0 Å². The van der Waals surface area contributed by atoms with Crippen LogP contribution >= 0.6 is 7.26 Å². The summed E-state index contributed by atoms with van der Waals surface area (Å²) in [6.45, 7) is -0.0523. The van der Waals surface area contributed by atoms with E-state index in [1.165, 1.54) is 15.9 Å². The summed E-state index contributed by atoms with van der Waals surface area (Å²) in [5.41, 5.74) is 5.51. The molecule has 0 saturated heterocycles. The zero-order chi connectivity index (χ0) is 20.1. The standard InChI is InChI=1S/C25H23NO2P/c26-18-24(27)25-17-16-20(28-25)19-29(21-10-4-1-5-11-21,22-12-6-2-7-13-22)23-14-8-3-9-15-23/h1-17H,18-19,26H2/q+1. The van der Waals surface area contributed by atoms with Crippen molar-refractivity contribution in [2.45, 2.75) is 6.16 Å². The van der Waals surface area contributed by atoms with E-state index >= 15 is 0 Å². The molecule has 4 aromatic rings. The van der Waals surface area contributed by atoms with E-state index in [2.05, 4.69) is 72.8 Å². The third-order valence-electron chi connectivity index (χ3n) is 5.11. The molecule has 3 nitrogen and oxygen atoms in total. The average molecular weight is 400 g/mol. The monoisotopic (exact) mass is 400 g/mol. The molecular weight excluding hydrogens is 377 g/mol. The molecule has 3 aromatic carbocycles. The van der Waals surface area contributed by atoms with Crippen LogP contribution in [0.3, 0.4) is 0 Å². The van der Waals surface area contributed by atoms with E-state index in [0.29, 0.717) is 11.9 Å². The van der Waals surface area contributed by atoms with E-state index in [4.69, 9.17) is 10.2 Å². The lowest BCUT2D eigenvalue weighted by molar-refractivity contribution is 0.0973. The zero-order valence-corrected chi connectivity index (χ0v) is 17.0. The molecule has 0 unspecified atom stereocenters. The van der Waals surface area contributed by atoms with Gasteiger partial charge in [0.2, 0.25) is 5.78 Å². The minimum Gasteiger partial charge on any atom is -0.454 e. The van der Waals surface area contributed by atoms with E-state index in [1.807, 2.05) is 24.3 Å². The normalized spacial score (nSPS) is 11.3. The molecule has 0 amide bonds. The molecule has 0 aliphatic rings. The van der Waals surface area contributed by atoms with Gasteiger partial charge in [0, 0.05) is 0 Å². The predicted molar refractivity (Wildman–Crippen MR) is 121 cm³/mol. The number of Topliss-reactive ketones (excluding diaryl/α,β-unsaturated/α-hetero) is 1. The molecule has 0 radical (unpaired) electrons. The molecule has 29 heavy (non-hydrogen) atoms. The molecule has 1 heterocycles. The van der Waals surface area contributed by atoms with E-state index in [-0.39, 0.29) is 12.3 Å². The van der Waals surface area contributed by atoms with Gasteiger partial charge < -0.3 is 10.2 Å². The van der Waals surface area contributed by atoms with Crippen molar-refractivity contribution >= 4 is 29.0 Å². The largest absolute Gasteiger partial charge is 0.454 e. The van der Waals surface area contributed by atoms with Crippen molar-refractivity contribution in [1.82, 2.24) is 0 Å². The fourth-order valence-corrected chi connectivity index (χ4v) is 7.84. The minimum absolute atomic E-state index is 0.0523. The van der Waals surface area contributed by atoms with Gasteiger partial charge in [-0.25, -0.2) is 0 Å². The van der Waals surface area contributed by atoms with Gasteiger partial charge in [-0.2, -0.15) is 0 Å². The number of hydrogen-bond donors (Lipinski definition) is 1.